The molecule has 31 heavy (non-hydrogen) atoms. The third-order valence-electron chi connectivity index (χ3n) is 6.29. The van der Waals surface area contributed by atoms with Crippen LogP contribution in [-0.2, 0) is 14.4 Å². The summed E-state index contributed by atoms with van der Waals surface area (Å²) in [5.41, 5.74) is 4.99. The molecule has 0 spiro atoms. The van der Waals surface area contributed by atoms with Crippen molar-refractivity contribution in [1.82, 2.24) is 4.90 Å². The van der Waals surface area contributed by atoms with Gasteiger partial charge in [-0.1, -0.05) is 45.8 Å². The third kappa shape index (κ3) is 3.00. The van der Waals surface area contributed by atoms with Crippen LogP contribution in [-0.4, -0.2) is 29.5 Å². The van der Waals surface area contributed by atoms with Crippen LogP contribution in [0.2, 0.25) is 0 Å². The van der Waals surface area contributed by atoms with Gasteiger partial charge < -0.3 is 4.90 Å². The Balaban J connectivity index is 1.81. The Morgan fingerprint density at radius 2 is 1.55 bits per heavy atom. The number of hydrogen-bond donors (Lipinski definition) is 0. The van der Waals surface area contributed by atoms with Crippen LogP contribution in [0, 0.1) is 6.92 Å². The number of rotatable bonds is 2. The van der Waals surface area contributed by atoms with Crippen LogP contribution < -0.4 is 4.90 Å². The average Bonchev–Trinajstić information content (AvgIpc) is 2.98. The van der Waals surface area contributed by atoms with Gasteiger partial charge in [0.05, 0.1) is 5.57 Å². The fourth-order valence-electron chi connectivity index (χ4n) is 4.78. The largest absolute Gasteiger partial charge is 0.308 e. The van der Waals surface area contributed by atoms with Gasteiger partial charge in [-0.15, -0.1) is 0 Å². The van der Waals surface area contributed by atoms with E-state index in [1.54, 1.807) is 0 Å². The number of carbonyl (C=O) groups excluding carboxylic acids is 3. The van der Waals surface area contributed by atoms with Gasteiger partial charge in [0.25, 0.3) is 11.8 Å². The first-order valence-electron chi connectivity index (χ1n) is 10.3. The van der Waals surface area contributed by atoms with Crippen molar-refractivity contribution >= 4 is 39.2 Å². The van der Waals surface area contributed by atoms with Crippen LogP contribution in [0.1, 0.15) is 36.3 Å². The number of nitrogens with zero attached hydrogens (tertiary/aromatic N) is 2. The molecule has 0 bridgehead atoms. The summed E-state index contributed by atoms with van der Waals surface area (Å²) in [4.78, 5) is 42.8. The highest BCUT2D eigenvalue weighted by molar-refractivity contribution is 9.10. The smallest absolute Gasteiger partial charge is 0.277 e. The molecule has 2 aliphatic heterocycles. The Bertz CT molecular complexity index is 1190. The molecule has 5 rings (SSSR count). The van der Waals surface area contributed by atoms with Gasteiger partial charge in [-0.25, -0.2) is 0 Å². The molecule has 0 unspecified atom stereocenters. The maximum Gasteiger partial charge on any atom is 0.277 e. The second-order valence-corrected chi connectivity index (χ2v) is 9.14. The van der Waals surface area contributed by atoms with Crippen molar-refractivity contribution in [3.8, 4) is 0 Å². The third-order valence-corrected chi connectivity index (χ3v) is 6.82. The molecule has 1 atom stereocenters. The van der Waals surface area contributed by atoms with E-state index in [0.29, 0.717) is 29.7 Å². The van der Waals surface area contributed by atoms with E-state index in [4.69, 9.17) is 0 Å². The van der Waals surface area contributed by atoms with Gasteiger partial charge in [0.2, 0.25) is 0 Å². The topological polar surface area (TPSA) is 57.7 Å². The minimum atomic E-state index is -0.522. The van der Waals surface area contributed by atoms with E-state index in [0.717, 1.165) is 33.4 Å². The monoisotopic (exact) mass is 476 g/mol. The second-order valence-electron chi connectivity index (χ2n) is 8.22. The molecule has 2 amide bonds. The predicted molar refractivity (Wildman–Crippen MR) is 121 cm³/mol. The van der Waals surface area contributed by atoms with Crippen LogP contribution >= 0.6 is 15.9 Å². The lowest BCUT2D eigenvalue weighted by atomic mass is 9.74. The highest BCUT2D eigenvalue weighted by Gasteiger charge is 2.50. The van der Waals surface area contributed by atoms with Crippen molar-refractivity contribution in [1.29, 1.82) is 0 Å². The van der Waals surface area contributed by atoms with Crippen molar-refractivity contribution < 1.29 is 14.4 Å². The molecule has 2 aromatic rings. The molecule has 5 nitrogen and oxygen atoms in total. The number of likely N-dealkylation sites (N-methyl/N-ethyl adjacent to an activating group) is 1. The average molecular weight is 477 g/mol. The van der Waals surface area contributed by atoms with Crippen LogP contribution in [0.15, 0.2) is 75.5 Å². The Kier molecular flexibility index (Phi) is 4.70. The molecule has 156 valence electrons. The van der Waals surface area contributed by atoms with Crippen molar-refractivity contribution in [2.75, 3.05) is 11.9 Å². The summed E-state index contributed by atoms with van der Waals surface area (Å²) in [7, 11) is 1.51. The first-order chi connectivity index (χ1) is 14.9. The van der Waals surface area contributed by atoms with E-state index in [1.807, 2.05) is 60.4 Å². The first kappa shape index (κ1) is 19.9. The number of hydrogen-bond acceptors (Lipinski definition) is 4. The number of allylic oxidation sites excluding steroid dienone is 2. The first-order valence-corrected chi connectivity index (χ1v) is 11.1. The number of amides is 2. The number of anilines is 1. The molecule has 0 aromatic heterocycles. The number of halogens is 1. The maximum absolute atomic E-state index is 13.3. The Morgan fingerprint density at radius 3 is 2.23 bits per heavy atom. The highest BCUT2D eigenvalue weighted by Crippen LogP contribution is 2.50. The van der Waals surface area contributed by atoms with Gasteiger partial charge in [0.1, 0.15) is 5.70 Å². The van der Waals surface area contributed by atoms with Crippen LogP contribution in [0.3, 0.4) is 0 Å². The van der Waals surface area contributed by atoms with Crippen molar-refractivity contribution in [3.05, 3.63) is 86.7 Å². The van der Waals surface area contributed by atoms with Gasteiger partial charge in [-0.2, -0.15) is 0 Å². The molecule has 1 aliphatic carbocycles. The molecule has 6 heteroatoms. The van der Waals surface area contributed by atoms with Gasteiger partial charge in [0.15, 0.2) is 5.78 Å². The van der Waals surface area contributed by atoms with Crippen molar-refractivity contribution in [2.24, 2.45) is 0 Å². The molecule has 3 aliphatic rings. The number of carbonyl (C=O) groups is 3. The zero-order valence-electron chi connectivity index (χ0n) is 17.3. The Labute approximate surface area is 189 Å². The van der Waals surface area contributed by atoms with Crippen LogP contribution in [0.5, 0.6) is 0 Å². The quantitative estimate of drug-likeness (QED) is 0.593. The lowest BCUT2D eigenvalue weighted by Gasteiger charge is -2.39. The number of benzene rings is 2. The summed E-state index contributed by atoms with van der Waals surface area (Å²) in [6, 6.07) is 15.5. The molecule has 2 aromatic carbocycles. The van der Waals surface area contributed by atoms with E-state index >= 15 is 0 Å². The van der Waals surface area contributed by atoms with Crippen molar-refractivity contribution in [2.45, 2.75) is 32.1 Å². The Morgan fingerprint density at radius 1 is 0.871 bits per heavy atom. The molecule has 0 fully saturated rings. The molecule has 0 N–H and O–H groups in total. The summed E-state index contributed by atoms with van der Waals surface area (Å²) in [5.74, 6) is -1.14. The molecule has 2 heterocycles. The van der Waals surface area contributed by atoms with Crippen LogP contribution in [0.25, 0.3) is 0 Å². The van der Waals surface area contributed by atoms with E-state index in [2.05, 4.69) is 15.9 Å². The van der Waals surface area contributed by atoms with Gasteiger partial charge in [-0.05, 0) is 49.6 Å². The SMILES string of the molecule is Cc1ccc([C@H]2C3=C(CCCC3=O)N(c3ccc(Br)cc3)C3=C2C(=O)N(C)C3=O)cc1. The number of aryl methyl sites for hydroxylation is 1. The summed E-state index contributed by atoms with van der Waals surface area (Å²) >= 11 is 3.46. The molecule has 0 radical (unpaired) electrons. The van der Waals surface area contributed by atoms with E-state index in [-0.39, 0.29) is 17.6 Å². The molecule has 0 saturated carbocycles. The van der Waals surface area contributed by atoms with Gasteiger partial charge >= 0.3 is 0 Å². The zero-order chi connectivity index (χ0) is 21.9. The second kappa shape index (κ2) is 7.31. The standard InChI is InChI=1S/C25H21BrN2O3/c1-14-6-8-15(9-7-14)20-21-18(4-3-5-19(21)29)28(17-12-10-16(26)11-13-17)23-22(20)24(30)27(2)25(23)31/h6-13,20H,3-5H2,1-2H3/t20-/m0/s1. The molecule has 0 saturated heterocycles. The molecular formula is C25H21BrN2O3. The summed E-state index contributed by atoms with van der Waals surface area (Å²) in [6.07, 6.45) is 1.86. The van der Waals surface area contributed by atoms with E-state index in [1.165, 1.54) is 11.9 Å². The highest BCUT2D eigenvalue weighted by atomic mass is 79.9. The normalized spacial score (nSPS) is 21.1. The summed E-state index contributed by atoms with van der Waals surface area (Å²) < 4.78 is 0.917. The number of Topliss-reactive ketones (excluding diaryl/α,β-unsaturated/α-hetero) is 1. The van der Waals surface area contributed by atoms with Crippen molar-refractivity contribution in [3.63, 3.8) is 0 Å². The minimum Gasteiger partial charge on any atom is -0.308 e. The lowest BCUT2D eigenvalue weighted by Crippen LogP contribution is -2.37. The van der Waals surface area contributed by atoms with Crippen LogP contribution in [0.4, 0.5) is 5.69 Å². The number of imide groups is 1. The number of ketones is 1. The lowest BCUT2D eigenvalue weighted by molar-refractivity contribution is -0.136. The van der Waals surface area contributed by atoms with Gasteiger partial charge in [0, 0.05) is 40.8 Å². The fourth-order valence-corrected chi connectivity index (χ4v) is 5.04. The Hall–Kier alpha value is -2.99. The zero-order valence-corrected chi connectivity index (χ0v) is 18.9. The maximum atomic E-state index is 13.3. The minimum absolute atomic E-state index is 0.0512. The fraction of sp³-hybridized carbons (Fsp3) is 0.240. The van der Waals surface area contributed by atoms with E-state index < -0.39 is 5.92 Å². The molecular weight excluding hydrogens is 456 g/mol. The summed E-state index contributed by atoms with van der Waals surface area (Å²) in [6.45, 7) is 2.00. The summed E-state index contributed by atoms with van der Waals surface area (Å²) in [5, 5.41) is 0. The predicted octanol–water partition coefficient (Wildman–Crippen LogP) is 4.62. The van der Waals surface area contributed by atoms with Gasteiger partial charge in [-0.3, -0.25) is 19.3 Å². The van der Waals surface area contributed by atoms with E-state index in [9.17, 15) is 14.4 Å².